The van der Waals surface area contributed by atoms with Gasteiger partial charge < -0.3 is 20.9 Å². The molecule has 1 aliphatic heterocycles. The number of rotatable bonds is 2. The van der Waals surface area contributed by atoms with E-state index in [1.807, 2.05) is 44.2 Å². The molecule has 1 aromatic carbocycles. The highest BCUT2D eigenvalue weighted by atomic mass is 16.1. The van der Waals surface area contributed by atoms with Crippen molar-refractivity contribution in [3.63, 3.8) is 0 Å². The van der Waals surface area contributed by atoms with Gasteiger partial charge in [-0.05, 0) is 52.2 Å². The number of amides is 1. The SMILES string of the molecule is CC(=O)Nc1cc(N)ccc1N1CCCC1.CN(C)C. The Kier molecular flexibility index (Phi) is 6.31. The molecule has 20 heavy (non-hydrogen) atoms. The minimum Gasteiger partial charge on any atom is -0.399 e. The van der Waals surface area contributed by atoms with E-state index in [-0.39, 0.29) is 5.91 Å². The molecular weight excluding hydrogens is 252 g/mol. The molecule has 0 atom stereocenters. The molecule has 5 heteroatoms. The Labute approximate surface area is 121 Å². The summed E-state index contributed by atoms with van der Waals surface area (Å²) >= 11 is 0. The molecule has 0 bridgehead atoms. The molecule has 2 rings (SSSR count). The van der Waals surface area contributed by atoms with Crippen molar-refractivity contribution in [3.8, 4) is 0 Å². The number of nitrogens with one attached hydrogen (secondary N) is 1. The number of benzene rings is 1. The van der Waals surface area contributed by atoms with Crippen molar-refractivity contribution in [1.82, 2.24) is 4.90 Å². The maximum Gasteiger partial charge on any atom is 0.221 e. The quantitative estimate of drug-likeness (QED) is 0.812. The fourth-order valence-corrected chi connectivity index (χ4v) is 2.08. The van der Waals surface area contributed by atoms with Crippen LogP contribution in [0.3, 0.4) is 0 Å². The van der Waals surface area contributed by atoms with Crippen LogP contribution in [0, 0.1) is 0 Å². The van der Waals surface area contributed by atoms with Gasteiger partial charge in [0.15, 0.2) is 0 Å². The van der Waals surface area contributed by atoms with Crippen LogP contribution in [0.15, 0.2) is 18.2 Å². The van der Waals surface area contributed by atoms with Crippen LogP contribution in [-0.4, -0.2) is 45.0 Å². The van der Waals surface area contributed by atoms with Gasteiger partial charge in [-0.15, -0.1) is 0 Å². The summed E-state index contributed by atoms with van der Waals surface area (Å²) in [5.74, 6) is -0.0638. The molecule has 0 radical (unpaired) electrons. The summed E-state index contributed by atoms with van der Waals surface area (Å²) in [4.78, 5) is 15.4. The van der Waals surface area contributed by atoms with E-state index in [9.17, 15) is 4.79 Å². The number of nitrogens with zero attached hydrogens (tertiary/aromatic N) is 2. The van der Waals surface area contributed by atoms with Crippen molar-refractivity contribution in [3.05, 3.63) is 18.2 Å². The lowest BCUT2D eigenvalue weighted by molar-refractivity contribution is -0.114. The Morgan fingerprint density at radius 3 is 2.30 bits per heavy atom. The molecule has 0 aliphatic carbocycles. The molecule has 5 nitrogen and oxygen atoms in total. The maximum absolute atomic E-state index is 11.1. The van der Waals surface area contributed by atoms with Crippen LogP contribution in [0.1, 0.15) is 19.8 Å². The van der Waals surface area contributed by atoms with Gasteiger partial charge in [-0.3, -0.25) is 4.79 Å². The fourth-order valence-electron chi connectivity index (χ4n) is 2.08. The number of nitrogen functional groups attached to an aromatic ring is 1. The molecule has 112 valence electrons. The molecule has 1 saturated heterocycles. The monoisotopic (exact) mass is 278 g/mol. The van der Waals surface area contributed by atoms with Crippen LogP contribution in [0.25, 0.3) is 0 Å². The summed E-state index contributed by atoms with van der Waals surface area (Å²) in [7, 11) is 6.00. The summed E-state index contributed by atoms with van der Waals surface area (Å²) in [6.07, 6.45) is 2.42. The second kappa shape index (κ2) is 7.75. The van der Waals surface area contributed by atoms with Crippen molar-refractivity contribution in [2.75, 3.05) is 50.2 Å². The molecule has 1 aliphatic rings. The first-order valence-electron chi connectivity index (χ1n) is 6.93. The van der Waals surface area contributed by atoms with E-state index in [2.05, 4.69) is 10.2 Å². The second-order valence-corrected chi connectivity index (χ2v) is 5.49. The van der Waals surface area contributed by atoms with E-state index in [1.165, 1.54) is 19.8 Å². The van der Waals surface area contributed by atoms with E-state index in [4.69, 9.17) is 5.73 Å². The minimum absolute atomic E-state index is 0.0638. The molecule has 0 unspecified atom stereocenters. The molecule has 0 aromatic heterocycles. The molecule has 1 heterocycles. The number of carbonyl (C=O) groups is 1. The smallest absolute Gasteiger partial charge is 0.221 e. The van der Waals surface area contributed by atoms with Crippen molar-refractivity contribution in [2.24, 2.45) is 0 Å². The van der Waals surface area contributed by atoms with E-state index in [0.717, 1.165) is 24.5 Å². The molecular formula is C15H26N4O. The lowest BCUT2D eigenvalue weighted by atomic mass is 10.2. The van der Waals surface area contributed by atoms with Gasteiger partial charge in [-0.1, -0.05) is 0 Å². The number of hydrogen-bond donors (Lipinski definition) is 2. The average molecular weight is 278 g/mol. The Morgan fingerprint density at radius 1 is 1.25 bits per heavy atom. The standard InChI is InChI=1S/C12H17N3O.C3H9N/c1-9(16)14-11-8-10(13)4-5-12(11)15-6-2-3-7-15;1-4(2)3/h4-5,8H,2-3,6-7,13H2,1H3,(H,14,16);1-3H3. The number of nitrogens with two attached hydrogens (primary N) is 1. The summed E-state index contributed by atoms with van der Waals surface area (Å²) < 4.78 is 0. The van der Waals surface area contributed by atoms with Crippen LogP contribution in [-0.2, 0) is 4.79 Å². The highest BCUT2D eigenvalue weighted by Gasteiger charge is 2.16. The zero-order valence-electron chi connectivity index (χ0n) is 12.9. The van der Waals surface area contributed by atoms with Crippen molar-refractivity contribution >= 4 is 23.0 Å². The molecule has 0 saturated carbocycles. The van der Waals surface area contributed by atoms with Gasteiger partial charge in [0.25, 0.3) is 0 Å². The molecule has 3 N–H and O–H groups in total. The van der Waals surface area contributed by atoms with E-state index >= 15 is 0 Å². The largest absolute Gasteiger partial charge is 0.399 e. The van der Waals surface area contributed by atoms with Crippen molar-refractivity contribution < 1.29 is 4.79 Å². The van der Waals surface area contributed by atoms with E-state index in [0.29, 0.717) is 5.69 Å². The van der Waals surface area contributed by atoms with Crippen molar-refractivity contribution in [1.29, 1.82) is 0 Å². The first-order valence-corrected chi connectivity index (χ1v) is 6.93. The third kappa shape index (κ3) is 5.48. The first-order chi connectivity index (χ1) is 9.40. The maximum atomic E-state index is 11.1. The summed E-state index contributed by atoms with van der Waals surface area (Å²) in [5, 5.41) is 2.83. The third-order valence-electron chi connectivity index (χ3n) is 2.78. The van der Waals surface area contributed by atoms with Crippen LogP contribution < -0.4 is 16.0 Å². The highest BCUT2D eigenvalue weighted by molar-refractivity contribution is 5.93. The Balaban J connectivity index is 0.000000444. The minimum atomic E-state index is -0.0638. The normalized spacial score (nSPS) is 13.9. The van der Waals surface area contributed by atoms with Gasteiger partial charge in [0.05, 0.1) is 11.4 Å². The predicted molar refractivity (Wildman–Crippen MR) is 86.2 cm³/mol. The van der Waals surface area contributed by atoms with Gasteiger partial charge in [0.2, 0.25) is 5.91 Å². The number of carbonyl (C=O) groups excluding carboxylic acids is 1. The molecule has 1 fully saturated rings. The number of anilines is 3. The van der Waals surface area contributed by atoms with Crippen molar-refractivity contribution in [2.45, 2.75) is 19.8 Å². The third-order valence-corrected chi connectivity index (χ3v) is 2.78. The zero-order valence-corrected chi connectivity index (χ0v) is 12.9. The Hall–Kier alpha value is -1.75. The second-order valence-electron chi connectivity index (χ2n) is 5.49. The van der Waals surface area contributed by atoms with Crippen LogP contribution in [0.5, 0.6) is 0 Å². The predicted octanol–water partition coefficient (Wildman–Crippen LogP) is 2.01. The highest BCUT2D eigenvalue weighted by Crippen LogP contribution is 2.30. The zero-order chi connectivity index (χ0) is 15.1. The summed E-state index contributed by atoms with van der Waals surface area (Å²) in [6.45, 7) is 3.62. The lowest BCUT2D eigenvalue weighted by Gasteiger charge is -2.21. The fraction of sp³-hybridized carbons (Fsp3) is 0.533. The van der Waals surface area contributed by atoms with Gasteiger partial charge in [0, 0.05) is 25.7 Å². The molecule has 1 aromatic rings. The number of hydrogen-bond acceptors (Lipinski definition) is 4. The van der Waals surface area contributed by atoms with Gasteiger partial charge >= 0.3 is 0 Å². The molecule has 0 spiro atoms. The average Bonchev–Trinajstić information content (AvgIpc) is 2.80. The molecule has 1 amide bonds. The van der Waals surface area contributed by atoms with Gasteiger partial charge in [-0.2, -0.15) is 0 Å². The van der Waals surface area contributed by atoms with Crippen LogP contribution >= 0.6 is 0 Å². The Bertz CT molecular complexity index is 437. The van der Waals surface area contributed by atoms with Crippen LogP contribution in [0.2, 0.25) is 0 Å². The van der Waals surface area contributed by atoms with Gasteiger partial charge in [-0.25, -0.2) is 0 Å². The van der Waals surface area contributed by atoms with Gasteiger partial charge in [0.1, 0.15) is 0 Å². The first kappa shape index (κ1) is 16.3. The summed E-state index contributed by atoms with van der Waals surface area (Å²) in [6, 6.07) is 5.67. The lowest BCUT2D eigenvalue weighted by Crippen LogP contribution is -2.20. The summed E-state index contributed by atoms with van der Waals surface area (Å²) in [5.41, 5.74) is 8.29. The topological polar surface area (TPSA) is 61.6 Å². The van der Waals surface area contributed by atoms with E-state index in [1.54, 1.807) is 0 Å². The Morgan fingerprint density at radius 2 is 1.80 bits per heavy atom. The van der Waals surface area contributed by atoms with Crippen LogP contribution in [0.4, 0.5) is 17.1 Å². The van der Waals surface area contributed by atoms with E-state index < -0.39 is 0 Å².